The molecule has 0 aliphatic rings. The number of nitrogens with one attached hydrogen (secondary N) is 2. The lowest BCUT2D eigenvalue weighted by Crippen LogP contribution is -2.11. The number of nitrogens with zero attached hydrogens (tertiary/aromatic N) is 2. The number of furan rings is 1. The van der Waals surface area contributed by atoms with Crippen LogP contribution in [0.25, 0.3) is 17.1 Å². The zero-order valence-electron chi connectivity index (χ0n) is 15.2. The molecule has 7 nitrogen and oxygen atoms in total. The topological polar surface area (TPSA) is 97.1 Å². The second-order valence-electron chi connectivity index (χ2n) is 6.11. The zero-order chi connectivity index (χ0) is 20.1. The lowest BCUT2D eigenvalue weighted by Gasteiger charge is -2.06. The molecule has 4 rings (SSSR count). The summed E-state index contributed by atoms with van der Waals surface area (Å²) in [5, 5.41) is 5.46. The first kappa shape index (κ1) is 18.1. The first-order chi connectivity index (χ1) is 14.2. The van der Waals surface area contributed by atoms with Crippen molar-refractivity contribution in [3.8, 4) is 0 Å². The van der Waals surface area contributed by atoms with Crippen LogP contribution in [-0.4, -0.2) is 21.8 Å². The van der Waals surface area contributed by atoms with Crippen LogP contribution in [-0.2, 0) is 4.79 Å². The molecule has 0 aliphatic carbocycles. The second kappa shape index (κ2) is 8.18. The number of benzene rings is 2. The molecule has 0 fully saturated rings. The van der Waals surface area contributed by atoms with Gasteiger partial charge in [0.25, 0.3) is 5.91 Å². The fourth-order valence-electron chi connectivity index (χ4n) is 2.63. The third kappa shape index (κ3) is 4.54. The van der Waals surface area contributed by atoms with Crippen molar-refractivity contribution in [2.24, 2.45) is 0 Å². The van der Waals surface area contributed by atoms with E-state index in [0.29, 0.717) is 17.1 Å². The molecular formula is C22H16N4O3. The van der Waals surface area contributed by atoms with Gasteiger partial charge in [0.15, 0.2) is 5.76 Å². The quantitative estimate of drug-likeness (QED) is 0.504. The maximum Gasteiger partial charge on any atom is 0.291 e. The molecule has 0 bridgehead atoms. The maximum atomic E-state index is 12.1. The van der Waals surface area contributed by atoms with Crippen LogP contribution in [0.4, 0.5) is 11.4 Å². The first-order valence-electron chi connectivity index (χ1n) is 8.83. The summed E-state index contributed by atoms with van der Waals surface area (Å²) in [4.78, 5) is 32.8. The second-order valence-corrected chi connectivity index (χ2v) is 6.11. The fraction of sp³-hybridized carbons (Fsp3) is 0. The number of fused-ring (bicyclic) bond motifs is 1. The van der Waals surface area contributed by atoms with E-state index in [1.807, 2.05) is 24.3 Å². The summed E-state index contributed by atoms with van der Waals surface area (Å²) < 4.78 is 5.04. The van der Waals surface area contributed by atoms with E-state index in [9.17, 15) is 9.59 Å². The molecule has 2 aromatic heterocycles. The van der Waals surface area contributed by atoms with Crippen molar-refractivity contribution in [3.05, 3.63) is 90.7 Å². The molecule has 7 heteroatoms. The lowest BCUT2D eigenvalue weighted by atomic mass is 10.2. The fourth-order valence-corrected chi connectivity index (χ4v) is 2.63. The van der Waals surface area contributed by atoms with Gasteiger partial charge in [-0.2, -0.15) is 0 Å². The predicted octanol–water partition coefficient (Wildman–Crippen LogP) is 4.13. The molecule has 0 saturated heterocycles. The maximum absolute atomic E-state index is 12.1. The summed E-state index contributed by atoms with van der Waals surface area (Å²) in [6.45, 7) is 0. The van der Waals surface area contributed by atoms with Gasteiger partial charge in [-0.25, -0.2) is 4.98 Å². The van der Waals surface area contributed by atoms with E-state index >= 15 is 0 Å². The van der Waals surface area contributed by atoms with Gasteiger partial charge in [0, 0.05) is 17.5 Å². The van der Waals surface area contributed by atoms with Crippen LogP contribution in [0.2, 0.25) is 0 Å². The number of hydrogen-bond donors (Lipinski definition) is 2. The highest BCUT2D eigenvalue weighted by Gasteiger charge is 2.08. The minimum Gasteiger partial charge on any atom is -0.459 e. The average molecular weight is 384 g/mol. The van der Waals surface area contributed by atoms with Crippen LogP contribution < -0.4 is 10.6 Å². The van der Waals surface area contributed by atoms with Gasteiger partial charge >= 0.3 is 0 Å². The number of rotatable bonds is 5. The van der Waals surface area contributed by atoms with Crippen molar-refractivity contribution in [2.75, 3.05) is 10.6 Å². The molecule has 2 heterocycles. The molecule has 2 N–H and O–H groups in total. The van der Waals surface area contributed by atoms with Gasteiger partial charge in [0.2, 0.25) is 5.91 Å². The number of para-hydroxylation sites is 2. The summed E-state index contributed by atoms with van der Waals surface area (Å²) in [5.41, 5.74) is 3.34. The highest BCUT2D eigenvalue weighted by molar-refractivity contribution is 6.03. The number of amides is 2. The van der Waals surface area contributed by atoms with Gasteiger partial charge in [-0.15, -0.1) is 0 Å². The van der Waals surface area contributed by atoms with Crippen LogP contribution >= 0.6 is 0 Å². The minimum atomic E-state index is -0.341. The van der Waals surface area contributed by atoms with Crippen LogP contribution in [0.5, 0.6) is 0 Å². The summed E-state index contributed by atoms with van der Waals surface area (Å²) in [5.74, 6) is -0.414. The molecule has 0 atom stereocenters. The highest BCUT2D eigenvalue weighted by Crippen LogP contribution is 2.15. The molecule has 2 aromatic carbocycles. The summed E-state index contributed by atoms with van der Waals surface area (Å²) in [6.07, 6.45) is 6.05. The lowest BCUT2D eigenvalue weighted by molar-refractivity contribution is -0.111. The Morgan fingerprint density at radius 2 is 1.59 bits per heavy atom. The van der Waals surface area contributed by atoms with Gasteiger partial charge in [0.1, 0.15) is 0 Å². The van der Waals surface area contributed by atoms with Crippen molar-refractivity contribution in [3.63, 3.8) is 0 Å². The number of aromatic nitrogens is 2. The van der Waals surface area contributed by atoms with Crippen molar-refractivity contribution in [1.82, 2.24) is 9.97 Å². The van der Waals surface area contributed by atoms with Gasteiger partial charge in [-0.05, 0) is 54.6 Å². The van der Waals surface area contributed by atoms with Crippen molar-refractivity contribution in [1.29, 1.82) is 0 Å². The Balaban J connectivity index is 1.36. The Morgan fingerprint density at radius 3 is 2.31 bits per heavy atom. The molecular weight excluding hydrogens is 368 g/mol. The first-order valence-corrected chi connectivity index (χ1v) is 8.83. The minimum absolute atomic E-state index is 0.226. The SMILES string of the molecule is O=C(/C=C/c1cnc2ccccc2n1)Nc1ccc(NC(=O)c2ccco2)cc1. The van der Waals surface area contributed by atoms with Crippen LogP contribution in [0.15, 0.2) is 83.6 Å². The van der Waals surface area contributed by atoms with E-state index in [-0.39, 0.29) is 17.6 Å². The Morgan fingerprint density at radius 1 is 0.862 bits per heavy atom. The van der Waals surface area contributed by atoms with E-state index in [2.05, 4.69) is 20.6 Å². The Hall–Kier alpha value is -4.26. The van der Waals surface area contributed by atoms with Gasteiger partial charge in [0.05, 0.1) is 29.2 Å². The van der Waals surface area contributed by atoms with Crippen molar-refractivity contribution >= 4 is 40.3 Å². The van der Waals surface area contributed by atoms with E-state index in [1.165, 1.54) is 12.3 Å². The molecule has 2 amide bonds. The Bertz CT molecular complexity index is 1180. The van der Waals surface area contributed by atoms with Crippen molar-refractivity contribution < 1.29 is 14.0 Å². The molecule has 0 unspecified atom stereocenters. The molecule has 0 aliphatic heterocycles. The molecule has 0 saturated carbocycles. The number of anilines is 2. The molecule has 142 valence electrons. The van der Waals surface area contributed by atoms with Crippen LogP contribution in [0.1, 0.15) is 16.2 Å². The van der Waals surface area contributed by atoms with Gasteiger partial charge in [-0.3, -0.25) is 14.6 Å². The number of hydrogen-bond acceptors (Lipinski definition) is 5. The average Bonchev–Trinajstić information content (AvgIpc) is 3.29. The molecule has 0 radical (unpaired) electrons. The van der Waals surface area contributed by atoms with Gasteiger partial charge < -0.3 is 15.1 Å². The number of carbonyl (C=O) groups excluding carboxylic acids is 2. The van der Waals surface area contributed by atoms with E-state index in [4.69, 9.17) is 4.42 Å². The van der Waals surface area contributed by atoms with E-state index < -0.39 is 0 Å². The van der Waals surface area contributed by atoms with Crippen LogP contribution in [0.3, 0.4) is 0 Å². The normalized spacial score (nSPS) is 10.9. The third-order valence-corrected chi connectivity index (χ3v) is 4.03. The molecule has 0 spiro atoms. The largest absolute Gasteiger partial charge is 0.459 e. The zero-order valence-corrected chi connectivity index (χ0v) is 15.2. The summed E-state index contributed by atoms with van der Waals surface area (Å²) in [7, 11) is 0. The highest BCUT2D eigenvalue weighted by atomic mass is 16.3. The van der Waals surface area contributed by atoms with Gasteiger partial charge in [-0.1, -0.05) is 12.1 Å². The van der Waals surface area contributed by atoms with E-state index in [1.54, 1.807) is 48.7 Å². The Kier molecular flexibility index (Phi) is 5.11. The van der Waals surface area contributed by atoms with Crippen LogP contribution in [0, 0.1) is 0 Å². The smallest absolute Gasteiger partial charge is 0.291 e. The summed E-state index contributed by atoms with van der Waals surface area (Å²) >= 11 is 0. The molecule has 29 heavy (non-hydrogen) atoms. The monoisotopic (exact) mass is 384 g/mol. The number of carbonyl (C=O) groups is 2. The summed E-state index contributed by atoms with van der Waals surface area (Å²) in [6, 6.07) is 17.5. The predicted molar refractivity (Wildman–Crippen MR) is 110 cm³/mol. The Labute approximate surface area is 166 Å². The van der Waals surface area contributed by atoms with E-state index in [0.717, 1.165) is 11.0 Å². The standard InChI is InChI=1S/C22H16N4O3/c27-21(12-11-17-14-23-18-4-1-2-5-19(18)24-17)25-15-7-9-16(10-8-15)26-22(28)20-6-3-13-29-20/h1-14H,(H,25,27)(H,26,28)/b12-11+. The van der Waals surface area contributed by atoms with Crippen molar-refractivity contribution in [2.45, 2.75) is 0 Å². The molecule has 4 aromatic rings. The third-order valence-electron chi connectivity index (χ3n) is 4.03.